The second-order valence-electron chi connectivity index (χ2n) is 7.03. The van der Waals surface area contributed by atoms with Crippen molar-refractivity contribution in [2.24, 2.45) is 17.8 Å². The van der Waals surface area contributed by atoms with Crippen LogP contribution in [0.25, 0.3) is 0 Å². The Morgan fingerprint density at radius 3 is 2.42 bits per heavy atom. The molecule has 1 aliphatic heterocycles. The molecule has 2 saturated carbocycles. The van der Waals surface area contributed by atoms with Crippen molar-refractivity contribution < 1.29 is 8.42 Å². The lowest BCUT2D eigenvalue weighted by Crippen LogP contribution is -2.42. The average molecular weight is 281 g/mol. The molecule has 4 aliphatic rings. The fourth-order valence-corrected chi connectivity index (χ4v) is 6.16. The van der Waals surface area contributed by atoms with E-state index in [2.05, 4.69) is 17.1 Å². The van der Waals surface area contributed by atoms with E-state index in [1.165, 1.54) is 25.7 Å². The summed E-state index contributed by atoms with van der Waals surface area (Å²) in [6, 6.07) is 1.02. The first-order chi connectivity index (χ1) is 9.11. The molecular formula is C15H23NO2S. The highest BCUT2D eigenvalue weighted by Gasteiger charge is 2.43. The standard InChI is InChI=1S/C15H23NO2S/c17-19(18)6-5-15(10-19)16(14-3-4-14)9-13-8-11-1-2-12(13)7-11/h1-2,11-15H,3-10H2/t11-,12-,13+,15+/m0/s1. The van der Waals surface area contributed by atoms with Gasteiger partial charge in [0.1, 0.15) is 0 Å². The van der Waals surface area contributed by atoms with Gasteiger partial charge in [-0.15, -0.1) is 0 Å². The van der Waals surface area contributed by atoms with Crippen LogP contribution in [0.3, 0.4) is 0 Å². The van der Waals surface area contributed by atoms with Crippen molar-refractivity contribution in [1.82, 2.24) is 4.90 Å². The third-order valence-corrected chi connectivity index (χ3v) is 7.31. The number of rotatable bonds is 4. The van der Waals surface area contributed by atoms with Crippen molar-refractivity contribution >= 4 is 9.84 Å². The van der Waals surface area contributed by atoms with E-state index in [1.54, 1.807) is 0 Å². The Morgan fingerprint density at radius 1 is 1.05 bits per heavy atom. The molecule has 1 heterocycles. The normalized spacial score (nSPS) is 43.4. The first-order valence-corrected chi connectivity index (χ1v) is 9.57. The number of hydrogen-bond acceptors (Lipinski definition) is 3. The van der Waals surface area contributed by atoms with E-state index in [4.69, 9.17) is 0 Å². The number of fused-ring (bicyclic) bond motifs is 2. The van der Waals surface area contributed by atoms with Crippen LogP contribution >= 0.6 is 0 Å². The Hall–Kier alpha value is -0.350. The molecule has 4 rings (SSSR count). The maximum atomic E-state index is 11.7. The summed E-state index contributed by atoms with van der Waals surface area (Å²) in [6.07, 6.45) is 10.9. The predicted molar refractivity (Wildman–Crippen MR) is 75.6 cm³/mol. The van der Waals surface area contributed by atoms with Gasteiger partial charge in [-0.2, -0.15) is 0 Å². The van der Waals surface area contributed by atoms with E-state index in [1.807, 2.05) is 0 Å². The second kappa shape index (κ2) is 4.32. The van der Waals surface area contributed by atoms with Crippen LogP contribution in [0.4, 0.5) is 0 Å². The molecular weight excluding hydrogens is 258 g/mol. The highest BCUT2D eigenvalue weighted by molar-refractivity contribution is 7.91. The molecule has 3 nitrogen and oxygen atoms in total. The molecule has 0 amide bonds. The van der Waals surface area contributed by atoms with Crippen LogP contribution in [0.1, 0.15) is 32.1 Å². The molecule has 0 N–H and O–H groups in total. The fourth-order valence-electron chi connectivity index (χ4n) is 4.41. The average Bonchev–Trinajstić information content (AvgIpc) is 2.82. The lowest BCUT2D eigenvalue weighted by molar-refractivity contribution is 0.159. The number of sulfone groups is 1. The molecule has 0 spiro atoms. The third-order valence-electron chi connectivity index (χ3n) is 5.56. The molecule has 4 heteroatoms. The van der Waals surface area contributed by atoms with Crippen molar-refractivity contribution in [1.29, 1.82) is 0 Å². The van der Waals surface area contributed by atoms with Crippen LogP contribution in [0.5, 0.6) is 0 Å². The smallest absolute Gasteiger partial charge is 0.151 e. The quantitative estimate of drug-likeness (QED) is 0.738. The van der Waals surface area contributed by atoms with Gasteiger partial charge >= 0.3 is 0 Å². The molecule has 4 atom stereocenters. The number of nitrogens with zero attached hydrogens (tertiary/aromatic N) is 1. The van der Waals surface area contributed by atoms with Gasteiger partial charge in [0.05, 0.1) is 11.5 Å². The van der Waals surface area contributed by atoms with Crippen LogP contribution in [0.2, 0.25) is 0 Å². The Labute approximate surface area is 116 Å². The van der Waals surface area contributed by atoms with E-state index in [-0.39, 0.29) is 0 Å². The molecule has 0 unspecified atom stereocenters. The van der Waals surface area contributed by atoms with Gasteiger partial charge in [-0.1, -0.05) is 12.2 Å². The van der Waals surface area contributed by atoms with Gasteiger partial charge in [0.2, 0.25) is 0 Å². The molecule has 19 heavy (non-hydrogen) atoms. The summed E-state index contributed by atoms with van der Waals surface area (Å²) >= 11 is 0. The Bertz CT molecular complexity index is 494. The minimum absolute atomic E-state index is 0.320. The fraction of sp³-hybridized carbons (Fsp3) is 0.867. The van der Waals surface area contributed by atoms with Crippen LogP contribution in [-0.2, 0) is 9.84 Å². The largest absolute Gasteiger partial charge is 0.296 e. The molecule has 1 saturated heterocycles. The molecule has 0 aromatic rings. The zero-order chi connectivity index (χ0) is 13.0. The number of hydrogen-bond donors (Lipinski definition) is 0. The van der Waals surface area contributed by atoms with Gasteiger partial charge in [-0.05, 0) is 49.9 Å². The molecule has 3 fully saturated rings. The Kier molecular flexibility index (Phi) is 2.82. The van der Waals surface area contributed by atoms with Crippen molar-refractivity contribution in [2.45, 2.75) is 44.2 Å². The highest BCUT2D eigenvalue weighted by atomic mass is 32.2. The second-order valence-corrected chi connectivity index (χ2v) is 9.25. The molecule has 2 bridgehead atoms. The Balaban J connectivity index is 1.46. The third kappa shape index (κ3) is 2.38. The van der Waals surface area contributed by atoms with E-state index >= 15 is 0 Å². The van der Waals surface area contributed by atoms with Crippen LogP contribution in [0, 0.1) is 17.8 Å². The summed E-state index contributed by atoms with van der Waals surface area (Å²) < 4.78 is 23.4. The first-order valence-electron chi connectivity index (χ1n) is 7.75. The van der Waals surface area contributed by atoms with E-state index in [0.717, 1.165) is 30.7 Å². The van der Waals surface area contributed by atoms with E-state index < -0.39 is 9.84 Å². The zero-order valence-electron chi connectivity index (χ0n) is 11.4. The van der Waals surface area contributed by atoms with Gasteiger partial charge in [-0.3, -0.25) is 4.90 Å². The summed E-state index contributed by atoms with van der Waals surface area (Å²) in [5, 5.41) is 0. The summed E-state index contributed by atoms with van der Waals surface area (Å²) in [4.78, 5) is 2.57. The minimum atomic E-state index is -2.75. The topological polar surface area (TPSA) is 37.4 Å². The van der Waals surface area contributed by atoms with E-state index in [9.17, 15) is 8.42 Å². The van der Waals surface area contributed by atoms with Crippen molar-refractivity contribution in [3.8, 4) is 0 Å². The minimum Gasteiger partial charge on any atom is -0.296 e. The Morgan fingerprint density at radius 2 is 1.89 bits per heavy atom. The first kappa shape index (κ1) is 12.4. The van der Waals surface area contributed by atoms with Gasteiger partial charge in [-0.25, -0.2) is 8.42 Å². The SMILES string of the molecule is O=S1(=O)CC[C@@H](N(C[C@H]2C[C@H]3C=C[C@H]2C3)C2CC2)C1. The highest BCUT2D eigenvalue weighted by Crippen LogP contribution is 2.45. The van der Waals surface area contributed by atoms with Crippen LogP contribution < -0.4 is 0 Å². The van der Waals surface area contributed by atoms with Gasteiger partial charge < -0.3 is 0 Å². The van der Waals surface area contributed by atoms with Crippen LogP contribution in [0.15, 0.2) is 12.2 Å². The summed E-state index contributed by atoms with van der Waals surface area (Å²) in [6.45, 7) is 1.15. The molecule has 106 valence electrons. The lowest BCUT2D eigenvalue weighted by Gasteiger charge is -2.32. The summed E-state index contributed by atoms with van der Waals surface area (Å²) in [5.41, 5.74) is 0. The van der Waals surface area contributed by atoms with Gasteiger partial charge in [0.25, 0.3) is 0 Å². The maximum absolute atomic E-state index is 11.7. The molecule has 3 aliphatic carbocycles. The predicted octanol–water partition coefficient (Wildman–Crippen LogP) is 1.85. The van der Waals surface area contributed by atoms with E-state index in [0.29, 0.717) is 23.6 Å². The van der Waals surface area contributed by atoms with Crippen LogP contribution in [-0.4, -0.2) is 43.5 Å². The summed E-state index contributed by atoms with van der Waals surface area (Å²) in [5.74, 6) is 3.23. The maximum Gasteiger partial charge on any atom is 0.151 e. The molecule has 0 aromatic heterocycles. The lowest BCUT2D eigenvalue weighted by atomic mass is 9.92. The van der Waals surface area contributed by atoms with Crippen molar-refractivity contribution in [3.05, 3.63) is 12.2 Å². The molecule has 0 aromatic carbocycles. The van der Waals surface area contributed by atoms with Gasteiger partial charge in [0.15, 0.2) is 9.84 Å². The monoisotopic (exact) mass is 281 g/mol. The van der Waals surface area contributed by atoms with Crippen molar-refractivity contribution in [2.75, 3.05) is 18.1 Å². The van der Waals surface area contributed by atoms with Crippen molar-refractivity contribution in [3.63, 3.8) is 0 Å². The van der Waals surface area contributed by atoms with Gasteiger partial charge in [0, 0.05) is 18.6 Å². The molecule has 0 radical (unpaired) electrons. The summed E-state index contributed by atoms with van der Waals surface area (Å²) in [7, 11) is -2.75. The zero-order valence-corrected chi connectivity index (χ0v) is 12.2. The number of allylic oxidation sites excluding steroid dienone is 2.